The average Bonchev–Trinajstić information content (AvgIpc) is 2.39. The first-order valence-electron chi connectivity index (χ1n) is 7.00. The zero-order chi connectivity index (χ0) is 13.0. The standard InChI is InChI=1S/C14H24N4/c1-4-5-9-18-12(2)10-17(11-13(18)3)14-15-7-6-8-16-14/h6-8,12-13H,4-5,9-11H2,1-3H3/t12-,13?/m1/s1. The smallest absolute Gasteiger partial charge is 0.225 e. The van der Waals surface area contributed by atoms with Gasteiger partial charge in [-0.05, 0) is 32.9 Å². The number of rotatable bonds is 4. The predicted octanol–water partition coefficient (Wildman–Crippen LogP) is 2.18. The Kier molecular flexibility index (Phi) is 4.53. The lowest BCUT2D eigenvalue weighted by atomic mass is 10.1. The lowest BCUT2D eigenvalue weighted by molar-refractivity contribution is 0.129. The molecule has 4 nitrogen and oxygen atoms in total. The largest absolute Gasteiger partial charge is 0.338 e. The Morgan fingerprint density at radius 1 is 1.17 bits per heavy atom. The van der Waals surface area contributed by atoms with E-state index in [1.54, 1.807) is 0 Å². The fourth-order valence-corrected chi connectivity index (χ4v) is 2.76. The number of unbranched alkanes of at least 4 members (excludes halogenated alkanes) is 1. The molecule has 0 amide bonds. The Balaban J connectivity index is 2.00. The van der Waals surface area contributed by atoms with Gasteiger partial charge in [0.1, 0.15) is 0 Å². The highest BCUT2D eigenvalue weighted by Crippen LogP contribution is 2.19. The van der Waals surface area contributed by atoms with Gasteiger partial charge < -0.3 is 4.90 Å². The van der Waals surface area contributed by atoms with Gasteiger partial charge in [-0.25, -0.2) is 9.97 Å². The summed E-state index contributed by atoms with van der Waals surface area (Å²) < 4.78 is 0. The van der Waals surface area contributed by atoms with Crippen molar-refractivity contribution in [2.24, 2.45) is 0 Å². The Bertz CT molecular complexity index is 342. The lowest BCUT2D eigenvalue weighted by Crippen LogP contribution is -2.57. The summed E-state index contributed by atoms with van der Waals surface area (Å²) >= 11 is 0. The second kappa shape index (κ2) is 6.14. The predicted molar refractivity (Wildman–Crippen MR) is 74.8 cm³/mol. The van der Waals surface area contributed by atoms with Crippen molar-refractivity contribution in [2.45, 2.75) is 45.7 Å². The maximum atomic E-state index is 4.35. The first-order valence-corrected chi connectivity index (χ1v) is 7.00. The maximum absolute atomic E-state index is 4.35. The fraction of sp³-hybridized carbons (Fsp3) is 0.714. The lowest BCUT2D eigenvalue weighted by Gasteiger charge is -2.44. The molecule has 1 aromatic heterocycles. The molecule has 1 aliphatic heterocycles. The first kappa shape index (κ1) is 13.3. The van der Waals surface area contributed by atoms with E-state index in [2.05, 4.69) is 40.5 Å². The highest BCUT2D eigenvalue weighted by atomic mass is 15.3. The molecule has 4 heteroatoms. The molecule has 0 spiro atoms. The van der Waals surface area contributed by atoms with Crippen molar-refractivity contribution < 1.29 is 0 Å². The zero-order valence-electron chi connectivity index (χ0n) is 11.7. The van der Waals surface area contributed by atoms with Crippen LogP contribution in [0.25, 0.3) is 0 Å². The minimum atomic E-state index is 0.573. The van der Waals surface area contributed by atoms with E-state index in [9.17, 15) is 0 Å². The molecule has 1 saturated heterocycles. The Morgan fingerprint density at radius 3 is 2.33 bits per heavy atom. The normalized spacial score (nSPS) is 25.4. The highest BCUT2D eigenvalue weighted by molar-refractivity contribution is 5.30. The minimum absolute atomic E-state index is 0.573. The van der Waals surface area contributed by atoms with Gasteiger partial charge in [-0.3, -0.25) is 4.90 Å². The van der Waals surface area contributed by atoms with Gasteiger partial charge in [0.15, 0.2) is 0 Å². The van der Waals surface area contributed by atoms with Crippen LogP contribution in [-0.4, -0.2) is 46.6 Å². The van der Waals surface area contributed by atoms with Crippen LogP contribution in [0.3, 0.4) is 0 Å². The molecule has 0 bridgehead atoms. The number of piperazine rings is 1. The van der Waals surface area contributed by atoms with Crippen molar-refractivity contribution >= 4 is 5.95 Å². The van der Waals surface area contributed by atoms with Crippen molar-refractivity contribution in [1.29, 1.82) is 0 Å². The van der Waals surface area contributed by atoms with Gasteiger partial charge in [0, 0.05) is 37.6 Å². The molecule has 18 heavy (non-hydrogen) atoms. The molecule has 0 saturated carbocycles. The van der Waals surface area contributed by atoms with E-state index in [1.165, 1.54) is 19.4 Å². The van der Waals surface area contributed by atoms with Crippen LogP contribution in [0.5, 0.6) is 0 Å². The molecule has 1 fully saturated rings. The number of anilines is 1. The van der Waals surface area contributed by atoms with Crippen LogP contribution < -0.4 is 4.90 Å². The molecule has 0 aliphatic carbocycles. The van der Waals surface area contributed by atoms with E-state index in [0.717, 1.165) is 19.0 Å². The summed E-state index contributed by atoms with van der Waals surface area (Å²) in [5, 5.41) is 0. The Morgan fingerprint density at radius 2 is 1.78 bits per heavy atom. The summed E-state index contributed by atoms with van der Waals surface area (Å²) in [6.07, 6.45) is 6.19. The van der Waals surface area contributed by atoms with Gasteiger partial charge in [0.25, 0.3) is 0 Å². The molecule has 2 heterocycles. The number of nitrogens with zero attached hydrogens (tertiary/aromatic N) is 4. The first-order chi connectivity index (χ1) is 8.72. The summed E-state index contributed by atoms with van der Waals surface area (Å²) in [5.74, 6) is 0.867. The second-order valence-electron chi connectivity index (χ2n) is 5.24. The molecular formula is C14H24N4. The van der Waals surface area contributed by atoms with Gasteiger partial charge in [-0.15, -0.1) is 0 Å². The van der Waals surface area contributed by atoms with Gasteiger partial charge in [0.05, 0.1) is 0 Å². The molecule has 1 aliphatic rings. The van der Waals surface area contributed by atoms with Gasteiger partial charge >= 0.3 is 0 Å². The van der Waals surface area contributed by atoms with Gasteiger partial charge in [-0.1, -0.05) is 13.3 Å². The third kappa shape index (κ3) is 2.99. The molecule has 0 N–H and O–H groups in total. The average molecular weight is 248 g/mol. The summed E-state index contributed by atoms with van der Waals surface area (Å²) in [7, 11) is 0. The van der Waals surface area contributed by atoms with Crippen molar-refractivity contribution in [3.8, 4) is 0 Å². The van der Waals surface area contributed by atoms with E-state index >= 15 is 0 Å². The van der Waals surface area contributed by atoms with Crippen LogP contribution in [0.1, 0.15) is 33.6 Å². The molecule has 1 aromatic rings. The van der Waals surface area contributed by atoms with Crippen LogP contribution >= 0.6 is 0 Å². The third-order valence-electron chi connectivity index (χ3n) is 3.71. The molecule has 0 radical (unpaired) electrons. The number of hydrogen-bond acceptors (Lipinski definition) is 4. The summed E-state index contributed by atoms with van der Waals surface area (Å²) in [4.78, 5) is 13.6. The van der Waals surface area contributed by atoms with Crippen LogP contribution in [0.4, 0.5) is 5.95 Å². The second-order valence-corrected chi connectivity index (χ2v) is 5.24. The Labute approximate surface area is 110 Å². The molecule has 2 atom stereocenters. The maximum Gasteiger partial charge on any atom is 0.225 e. The highest BCUT2D eigenvalue weighted by Gasteiger charge is 2.29. The van der Waals surface area contributed by atoms with Crippen molar-refractivity contribution in [1.82, 2.24) is 14.9 Å². The number of hydrogen-bond donors (Lipinski definition) is 0. The van der Waals surface area contributed by atoms with Crippen molar-refractivity contribution in [3.63, 3.8) is 0 Å². The molecule has 2 rings (SSSR count). The van der Waals surface area contributed by atoms with E-state index in [4.69, 9.17) is 0 Å². The van der Waals surface area contributed by atoms with E-state index < -0.39 is 0 Å². The topological polar surface area (TPSA) is 32.3 Å². The van der Waals surface area contributed by atoms with Crippen LogP contribution in [0.15, 0.2) is 18.5 Å². The monoisotopic (exact) mass is 248 g/mol. The summed E-state index contributed by atoms with van der Waals surface area (Å²) in [6.45, 7) is 10.1. The minimum Gasteiger partial charge on any atom is -0.338 e. The van der Waals surface area contributed by atoms with Crippen LogP contribution in [0.2, 0.25) is 0 Å². The van der Waals surface area contributed by atoms with Crippen LogP contribution in [0, 0.1) is 0 Å². The van der Waals surface area contributed by atoms with E-state index in [0.29, 0.717) is 12.1 Å². The van der Waals surface area contributed by atoms with Gasteiger partial charge in [0.2, 0.25) is 5.95 Å². The number of aromatic nitrogens is 2. The quantitative estimate of drug-likeness (QED) is 0.817. The van der Waals surface area contributed by atoms with E-state index in [-0.39, 0.29) is 0 Å². The van der Waals surface area contributed by atoms with Crippen LogP contribution in [-0.2, 0) is 0 Å². The fourth-order valence-electron chi connectivity index (χ4n) is 2.76. The van der Waals surface area contributed by atoms with Crippen molar-refractivity contribution in [2.75, 3.05) is 24.5 Å². The van der Waals surface area contributed by atoms with Crippen molar-refractivity contribution in [3.05, 3.63) is 18.5 Å². The van der Waals surface area contributed by atoms with E-state index in [1.807, 2.05) is 18.5 Å². The Hall–Kier alpha value is -1.16. The summed E-state index contributed by atoms with van der Waals surface area (Å²) in [6, 6.07) is 3.02. The SMILES string of the molecule is CCCCN1C(C)CN(c2ncccn2)C[C@H]1C. The molecule has 0 aromatic carbocycles. The third-order valence-corrected chi connectivity index (χ3v) is 3.71. The molecular weight excluding hydrogens is 224 g/mol. The zero-order valence-corrected chi connectivity index (χ0v) is 11.7. The summed E-state index contributed by atoms with van der Waals surface area (Å²) in [5.41, 5.74) is 0. The van der Waals surface area contributed by atoms with Gasteiger partial charge in [-0.2, -0.15) is 0 Å². The molecule has 1 unspecified atom stereocenters. The molecule has 100 valence electrons.